The van der Waals surface area contributed by atoms with E-state index < -0.39 is 4.92 Å². The van der Waals surface area contributed by atoms with Crippen molar-refractivity contribution in [3.63, 3.8) is 0 Å². The fourth-order valence-electron chi connectivity index (χ4n) is 2.08. The van der Waals surface area contributed by atoms with Gasteiger partial charge in [0.15, 0.2) is 0 Å². The molecule has 110 valence electrons. The lowest BCUT2D eigenvalue weighted by Crippen LogP contribution is -2.25. The summed E-state index contributed by atoms with van der Waals surface area (Å²) in [6.07, 6.45) is 3.09. The number of furan rings is 1. The Bertz CT molecular complexity index is 635. The number of hydrogen-bond acceptors (Lipinski definition) is 4. The number of aryl methyl sites for hydroxylation is 1. The van der Waals surface area contributed by atoms with Crippen LogP contribution in [0.1, 0.15) is 28.1 Å². The lowest BCUT2D eigenvalue weighted by Gasteiger charge is -2.07. The van der Waals surface area contributed by atoms with Crippen LogP contribution in [0.3, 0.4) is 0 Å². The minimum atomic E-state index is -0.483. The molecule has 2 rings (SSSR count). The molecule has 1 N–H and O–H groups in total. The summed E-state index contributed by atoms with van der Waals surface area (Å²) in [5.74, 6) is 0.575. The largest absolute Gasteiger partial charge is 0.469 e. The van der Waals surface area contributed by atoms with Crippen molar-refractivity contribution in [3.05, 3.63) is 63.6 Å². The zero-order valence-corrected chi connectivity index (χ0v) is 11.7. The van der Waals surface area contributed by atoms with Gasteiger partial charge in [-0.25, -0.2) is 0 Å². The van der Waals surface area contributed by atoms with Gasteiger partial charge in [-0.2, -0.15) is 0 Å². The second kappa shape index (κ2) is 6.69. The van der Waals surface area contributed by atoms with Crippen LogP contribution in [0.4, 0.5) is 5.69 Å². The number of nitro benzene ring substituents is 1. The van der Waals surface area contributed by atoms with E-state index in [4.69, 9.17) is 4.42 Å². The van der Waals surface area contributed by atoms with E-state index in [1.54, 1.807) is 19.3 Å². The lowest BCUT2D eigenvalue weighted by atomic mass is 10.1. The molecule has 0 saturated carbocycles. The van der Waals surface area contributed by atoms with Crippen LogP contribution in [-0.2, 0) is 6.42 Å². The van der Waals surface area contributed by atoms with Crippen LogP contribution in [-0.4, -0.2) is 17.4 Å². The quantitative estimate of drug-likeness (QED) is 0.503. The number of carbonyl (C=O) groups is 1. The summed E-state index contributed by atoms with van der Waals surface area (Å²) in [6, 6.07) is 8.20. The van der Waals surface area contributed by atoms with Crippen LogP contribution in [0.5, 0.6) is 0 Å². The molecule has 2 aromatic rings. The fourth-order valence-corrected chi connectivity index (χ4v) is 2.08. The highest BCUT2D eigenvalue weighted by Crippen LogP contribution is 2.20. The molecule has 0 aliphatic heterocycles. The Morgan fingerprint density at radius 2 is 2.14 bits per heavy atom. The van der Waals surface area contributed by atoms with E-state index in [1.165, 1.54) is 12.1 Å². The number of rotatable bonds is 6. The second-order valence-electron chi connectivity index (χ2n) is 4.65. The number of amides is 1. The average molecular weight is 288 g/mol. The van der Waals surface area contributed by atoms with Gasteiger partial charge in [-0.15, -0.1) is 0 Å². The molecular formula is C15H16N2O4. The van der Waals surface area contributed by atoms with E-state index >= 15 is 0 Å². The summed E-state index contributed by atoms with van der Waals surface area (Å²) < 4.78 is 5.20. The van der Waals surface area contributed by atoms with Gasteiger partial charge in [0.05, 0.1) is 11.2 Å². The highest BCUT2D eigenvalue weighted by molar-refractivity contribution is 5.96. The van der Waals surface area contributed by atoms with Crippen LogP contribution in [0, 0.1) is 17.0 Å². The number of carbonyl (C=O) groups excluding carboxylic acids is 1. The Labute approximate surface area is 121 Å². The second-order valence-corrected chi connectivity index (χ2v) is 4.65. The van der Waals surface area contributed by atoms with E-state index in [9.17, 15) is 14.9 Å². The van der Waals surface area contributed by atoms with Gasteiger partial charge >= 0.3 is 0 Å². The van der Waals surface area contributed by atoms with E-state index in [1.807, 2.05) is 12.1 Å². The predicted molar refractivity (Wildman–Crippen MR) is 77.2 cm³/mol. The maximum Gasteiger partial charge on any atom is 0.273 e. The third-order valence-electron chi connectivity index (χ3n) is 3.21. The van der Waals surface area contributed by atoms with Crippen molar-refractivity contribution in [2.24, 2.45) is 0 Å². The first-order valence-corrected chi connectivity index (χ1v) is 6.64. The van der Waals surface area contributed by atoms with Gasteiger partial charge in [0.2, 0.25) is 0 Å². The molecule has 1 aromatic heterocycles. The Balaban J connectivity index is 1.91. The van der Waals surface area contributed by atoms with Gasteiger partial charge in [-0.1, -0.05) is 6.07 Å². The SMILES string of the molecule is Cc1c(C(=O)NCCCc2ccco2)cccc1[N+](=O)[O-]. The molecule has 0 atom stereocenters. The first-order chi connectivity index (χ1) is 10.1. The monoisotopic (exact) mass is 288 g/mol. The Morgan fingerprint density at radius 1 is 1.33 bits per heavy atom. The molecule has 6 nitrogen and oxygen atoms in total. The van der Waals surface area contributed by atoms with Gasteiger partial charge in [0.1, 0.15) is 5.76 Å². The number of nitrogens with one attached hydrogen (secondary N) is 1. The molecule has 1 amide bonds. The number of nitro groups is 1. The molecule has 0 radical (unpaired) electrons. The molecule has 0 aliphatic rings. The highest BCUT2D eigenvalue weighted by Gasteiger charge is 2.17. The van der Waals surface area contributed by atoms with Gasteiger partial charge in [-0.3, -0.25) is 14.9 Å². The summed E-state index contributed by atoms with van der Waals surface area (Å²) >= 11 is 0. The first-order valence-electron chi connectivity index (χ1n) is 6.64. The highest BCUT2D eigenvalue weighted by atomic mass is 16.6. The van der Waals surface area contributed by atoms with Crippen LogP contribution in [0.15, 0.2) is 41.0 Å². The number of nitrogens with zero attached hydrogens (tertiary/aromatic N) is 1. The summed E-state index contributed by atoms with van der Waals surface area (Å²) in [7, 11) is 0. The van der Waals surface area contributed by atoms with Crippen molar-refractivity contribution in [2.45, 2.75) is 19.8 Å². The third kappa shape index (κ3) is 3.68. The smallest absolute Gasteiger partial charge is 0.273 e. The topological polar surface area (TPSA) is 85.4 Å². The van der Waals surface area contributed by atoms with E-state index in [0.29, 0.717) is 17.7 Å². The zero-order chi connectivity index (χ0) is 15.2. The van der Waals surface area contributed by atoms with E-state index in [-0.39, 0.29) is 11.6 Å². The standard InChI is InChI=1S/C15H16N2O4/c1-11-13(7-2-8-14(11)17(19)20)15(18)16-9-3-5-12-6-4-10-21-12/h2,4,6-8,10H,3,5,9H2,1H3,(H,16,18). The first kappa shape index (κ1) is 14.8. The third-order valence-corrected chi connectivity index (χ3v) is 3.21. The summed E-state index contributed by atoms with van der Waals surface area (Å²) in [4.78, 5) is 22.4. The van der Waals surface area contributed by atoms with Gasteiger partial charge < -0.3 is 9.73 Å². The molecule has 0 spiro atoms. The van der Waals surface area contributed by atoms with Crippen LogP contribution in [0.2, 0.25) is 0 Å². The summed E-state index contributed by atoms with van der Waals surface area (Å²) in [5.41, 5.74) is 0.673. The lowest BCUT2D eigenvalue weighted by molar-refractivity contribution is -0.385. The summed E-state index contributed by atoms with van der Waals surface area (Å²) in [6.45, 7) is 2.07. The Kier molecular flexibility index (Phi) is 4.71. The van der Waals surface area contributed by atoms with Gasteiger partial charge in [0.25, 0.3) is 11.6 Å². The van der Waals surface area contributed by atoms with Crippen LogP contribution >= 0.6 is 0 Å². The van der Waals surface area contributed by atoms with E-state index in [2.05, 4.69) is 5.32 Å². The van der Waals surface area contributed by atoms with Crippen molar-refractivity contribution < 1.29 is 14.1 Å². The molecule has 0 saturated heterocycles. The minimum Gasteiger partial charge on any atom is -0.469 e. The average Bonchev–Trinajstić information content (AvgIpc) is 2.96. The van der Waals surface area contributed by atoms with Crippen LogP contribution < -0.4 is 5.32 Å². The van der Waals surface area contributed by atoms with Crippen molar-refractivity contribution in [1.82, 2.24) is 5.32 Å². The van der Waals surface area contributed by atoms with Crippen molar-refractivity contribution in [1.29, 1.82) is 0 Å². The van der Waals surface area contributed by atoms with Gasteiger partial charge in [-0.05, 0) is 31.5 Å². The number of benzene rings is 1. The maximum atomic E-state index is 12.0. The molecule has 0 fully saturated rings. The maximum absolute atomic E-state index is 12.0. The fraction of sp³-hybridized carbons (Fsp3) is 0.267. The Hall–Kier alpha value is -2.63. The predicted octanol–water partition coefficient (Wildman–Crippen LogP) is 2.86. The normalized spacial score (nSPS) is 10.3. The van der Waals surface area contributed by atoms with Crippen LogP contribution in [0.25, 0.3) is 0 Å². The van der Waals surface area contributed by atoms with Crippen molar-refractivity contribution in [3.8, 4) is 0 Å². The minimum absolute atomic E-state index is 0.0433. The molecule has 0 aliphatic carbocycles. The molecular weight excluding hydrogens is 272 g/mol. The molecule has 0 bridgehead atoms. The molecule has 1 heterocycles. The van der Waals surface area contributed by atoms with Gasteiger partial charge in [0, 0.05) is 30.2 Å². The zero-order valence-electron chi connectivity index (χ0n) is 11.7. The van der Waals surface area contributed by atoms with Crippen molar-refractivity contribution in [2.75, 3.05) is 6.54 Å². The molecule has 6 heteroatoms. The molecule has 1 aromatic carbocycles. The summed E-state index contributed by atoms with van der Waals surface area (Å²) in [5, 5.41) is 13.6. The van der Waals surface area contributed by atoms with Crippen molar-refractivity contribution >= 4 is 11.6 Å². The Morgan fingerprint density at radius 3 is 2.81 bits per heavy atom. The molecule has 21 heavy (non-hydrogen) atoms. The molecule has 0 unspecified atom stereocenters. The number of hydrogen-bond donors (Lipinski definition) is 1. The van der Waals surface area contributed by atoms with E-state index in [0.717, 1.165) is 18.6 Å².